The topological polar surface area (TPSA) is 77.5 Å². The van der Waals surface area contributed by atoms with Gasteiger partial charge in [-0.1, -0.05) is 30.3 Å². The Hall–Kier alpha value is -2.36. The highest BCUT2D eigenvalue weighted by atomic mass is 127. The lowest BCUT2D eigenvalue weighted by Crippen LogP contribution is -2.36. The van der Waals surface area contributed by atoms with Crippen LogP contribution in [0.5, 0.6) is 0 Å². The van der Waals surface area contributed by atoms with E-state index < -0.39 is 0 Å². The van der Waals surface area contributed by atoms with Crippen LogP contribution in [0.25, 0.3) is 0 Å². The van der Waals surface area contributed by atoms with E-state index in [1.165, 1.54) is 6.07 Å². The fourth-order valence-electron chi connectivity index (χ4n) is 2.36. The number of aliphatic imine (C=N–C) groups is 1. The molecule has 0 aromatic heterocycles. The highest BCUT2D eigenvalue weighted by Gasteiger charge is 2.05. The molecule has 0 unspecified atom stereocenters. The number of anilines is 1. The number of nitrogens with one attached hydrogen (secondary N) is 4. The average Bonchev–Trinajstić information content (AvgIpc) is 2.63. The summed E-state index contributed by atoms with van der Waals surface area (Å²) in [6, 6.07) is 14.0. The van der Waals surface area contributed by atoms with Crippen LogP contribution >= 0.6 is 24.0 Å². The largest absolute Gasteiger partial charge is 0.352 e. The Labute approximate surface area is 182 Å². The minimum atomic E-state index is -0.245. The molecule has 0 radical (unpaired) electrons. The van der Waals surface area contributed by atoms with Crippen molar-refractivity contribution in [3.63, 3.8) is 0 Å². The van der Waals surface area contributed by atoms with E-state index in [0.29, 0.717) is 24.6 Å². The molecule has 0 fully saturated rings. The molecule has 152 valence electrons. The normalized spacial score (nSPS) is 10.8. The smallest absolute Gasteiger partial charge is 0.319 e. The Morgan fingerprint density at radius 3 is 2.29 bits per heavy atom. The molecule has 0 saturated carbocycles. The molecule has 0 heterocycles. The number of amides is 2. The number of benzene rings is 2. The van der Waals surface area contributed by atoms with Gasteiger partial charge in [0.15, 0.2) is 5.96 Å². The summed E-state index contributed by atoms with van der Waals surface area (Å²) >= 11 is 0. The maximum Gasteiger partial charge on any atom is 0.319 e. The summed E-state index contributed by atoms with van der Waals surface area (Å²) in [6.07, 6.45) is 0. The van der Waals surface area contributed by atoms with Gasteiger partial charge in [0.2, 0.25) is 0 Å². The third-order valence-corrected chi connectivity index (χ3v) is 3.72. The highest BCUT2D eigenvalue weighted by Crippen LogP contribution is 2.09. The molecular formula is C20H27FIN5O. The summed E-state index contributed by atoms with van der Waals surface area (Å²) in [5, 5.41) is 11.8. The van der Waals surface area contributed by atoms with Gasteiger partial charge in [0, 0.05) is 37.4 Å². The average molecular weight is 499 g/mol. The van der Waals surface area contributed by atoms with Crippen molar-refractivity contribution in [2.45, 2.75) is 33.0 Å². The van der Waals surface area contributed by atoms with Crippen molar-refractivity contribution in [1.82, 2.24) is 16.0 Å². The molecule has 0 saturated heterocycles. The van der Waals surface area contributed by atoms with Gasteiger partial charge in [-0.15, -0.1) is 24.0 Å². The van der Waals surface area contributed by atoms with Crippen LogP contribution in [-0.2, 0) is 13.1 Å². The predicted octanol–water partition coefficient (Wildman–Crippen LogP) is 3.84. The van der Waals surface area contributed by atoms with Gasteiger partial charge in [0.1, 0.15) is 5.82 Å². The van der Waals surface area contributed by atoms with Crippen LogP contribution in [0.2, 0.25) is 0 Å². The van der Waals surface area contributed by atoms with Gasteiger partial charge < -0.3 is 21.3 Å². The monoisotopic (exact) mass is 499 g/mol. The standard InChI is InChI=1S/C20H26FN5O.HI/c1-14(2)25-20(27)26-17-10-8-15(9-11-17)12-23-19(22-3)24-13-16-6-4-5-7-18(16)21;/h4-11,14H,12-13H2,1-3H3,(H2,22,23,24)(H2,25,26,27);1H. The fourth-order valence-corrected chi connectivity index (χ4v) is 2.36. The third kappa shape index (κ3) is 8.12. The minimum Gasteiger partial charge on any atom is -0.352 e. The number of carbonyl (C=O) groups is 1. The first kappa shape index (κ1) is 23.7. The van der Waals surface area contributed by atoms with E-state index in [2.05, 4.69) is 26.3 Å². The highest BCUT2D eigenvalue weighted by molar-refractivity contribution is 14.0. The van der Waals surface area contributed by atoms with Crippen LogP contribution in [0.15, 0.2) is 53.5 Å². The van der Waals surface area contributed by atoms with E-state index in [1.54, 1.807) is 25.2 Å². The Balaban J connectivity index is 0.00000392. The number of hydrogen-bond acceptors (Lipinski definition) is 2. The van der Waals surface area contributed by atoms with Gasteiger partial charge in [0.25, 0.3) is 0 Å². The summed E-state index contributed by atoms with van der Waals surface area (Å²) in [5.74, 6) is 0.335. The molecule has 2 aromatic rings. The van der Waals surface area contributed by atoms with Gasteiger partial charge in [-0.05, 0) is 37.6 Å². The Bertz CT molecular complexity index is 780. The SMILES string of the molecule is CN=C(NCc1ccc(NC(=O)NC(C)C)cc1)NCc1ccccc1F.I. The first-order valence-electron chi connectivity index (χ1n) is 8.82. The second-order valence-corrected chi connectivity index (χ2v) is 6.32. The number of nitrogens with zero attached hydrogens (tertiary/aromatic N) is 1. The first-order chi connectivity index (χ1) is 13.0. The second kappa shape index (κ2) is 12.2. The molecule has 2 amide bonds. The van der Waals surface area contributed by atoms with Crippen molar-refractivity contribution in [3.8, 4) is 0 Å². The van der Waals surface area contributed by atoms with Crippen LogP contribution < -0.4 is 21.3 Å². The van der Waals surface area contributed by atoms with Gasteiger partial charge in [-0.3, -0.25) is 4.99 Å². The van der Waals surface area contributed by atoms with Gasteiger partial charge in [0.05, 0.1) is 0 Å². The molecule has 0 aliphatic carbocycles. The molecule has 0 aliphatic heterocycles. The minimum absolute atomic E-state index is 0. The summed E-state index contributed by atoms with van der Waals surface area (Å²) in [7, 11) is 1.66. The van der Waals surface area contributed by atoms with Crippen molar-refractivity contribution in [2.75, 3.05) is 12.4 Å². The molecule has 6 nitrogen and oxygen atoms in total. The molecule has 0 bridgehead atoms. The lowest BCUT2D eigenvalue weighted by atomic mass is 10.2. The zero-order valence-corrected chi connectivity index (χ0v) is 18.6. The van der Waals surface area contributed by atoms with Crippen molar-refractivity contribution in [2.24, 2.45) is 4.99 Å². The molecule has 0 aliphatic rings. The number of rotatable bonds is 6. The zero-order chi connectivity index (χ0) is 19.6. The van der Waals surface area contributed by atoms with Crippen molar-refractivity contribution in [1.29, 1.82) is 0 Å². The number of halogens is 2. The number of carbonyl (C=O) groups excluding carboxylic acids is 1. The lowest BCUT2D eigenvalue weighted by molar-refractivity contribution is 0.250. The van der Waals surface area contributed by atoms with E-state index in [1.807, 2.05) is 38.1 Å². The van der Waals surface area contributed by atoms with E-state index in [9.17, 15) is 9.18 Å². The maximum absolute atomic E-state index is 13.7. The summed E-state index contributed by atoms with van der Waals surface area (Å²) in [6.45, 7) is 4.71. The quantitative estimate of drug-likeness (QED) is 0.277. The molecule has 4 N–H and O–H groups in total. The first-order valence-corrected chi connectivity index (χ1v) is 8.82. The van der Waals surface area contributed by atoms with Crippen LogP contribution in [0.1, 0.15) is 25.0 Å². The zero-order valence-electron chi connectivity index (χ0n) is 16.3. The summed E-state index contributed by atoms with van der Waals surface area (Å²) < 4.78 is 13.7. The fraction of sp³-hybridized carbons (Fsp3) is 0.300. The van der Waals surface area contributed by atoms with Crippen LogP contribution in [0.4, 0.5) is 14.9 Å². The van der Waals surface area contributed by atoms with Crippen molar-refractivity contribution >= 4 is 41.7 Å². The maximum atomic E-state index is 13.7. The van der Waals surface area contributed by atoms with Crippen molar-refractivity contribution < 1.29 is 9.18 Å². The summed E-state index contributed by atoms with van der Waals surface area (Å²) in [4.78, 5) is 15.8. The predicted molar refractivity (Wildman–Crippen MR) is 123 cm³/mol. The molecule has 2 rings (SSSR count). The van der Waals surface area contributed by atoms with Gasteiger partial charge >= 0.3 is 6.03 Å². The molecule has 0 spiro atoms. The molecular weight excluding hydrogens is 472 g/mol. The molecule has 8 heteroatoms. The van der Waals surface area contributed by atoms with Crippen LogP contribution in [0, 0.1) is 5.82 Å². The lowest BCUT2D eigenvalue weighted by Gasteiger charge is -2.13. The van der Waals surface area contributed by atoms with Crippen molar-refractivity contribution in [3.05, 3.63) is 65.5 Å². The number of hydrogen-bond donors (Lipinski definition) is 4. The Kier molecular flexibility index (Phi) is 10.3. The van der Waals surface area contributed by atoms with Crippen LogP contribution in [-0.4, -0.2) is 25.1 Å². The van der Waals surface area contributed by atoms with E-state index >= 15 is 0 Å². The second-order valence-electron chi connectivity index (χ2n) is 6.32. The van der Waals surface area contributed by atoms with E-state index in [4.69, 9.17) is 0 Å². The molecule has 2 aromatic carbocycles. The third-order valence-electron chi connectivity index (χ3n) is 3.72. The summed E-state index contributed by atoms with van der Waals surface area (Å²) in [5.41, 5.74) is 2.33. The Morgan fingerprint density at radius 1 is 1.04 bits per heavy atom. The van der Waals surface area contributed by atoms with E-state index in [0.717, 1.165) is 11.3 Å². The van der Waals surface area contributed by atoms with Gasteiger partial charge in [-0.25, -0.2) is 9.18 Å². The van der Waals surface area contributed by atoms with E-state index in [-0.39, 0.29) is 41.9 Å². The molecule has 0 atom stereocenters. The molecule has 28 heavy (non-hydrogen) atoms. The number of guanidine groups is 1. The van der Waals surface area contributed by atoms with Gasteiger partial charge in [-0.2, -0.15) is 0 Å². The van der Waals surface area contributed by atoms with Crippen LogP contribution in [0.3, 0.4) is 0 Å². The Morgan fingerprint density at radius 2 is 1.68 bits per heavy atom. The number of urea groups is 1.